The third-order valence-corrected chi connectivity index (χ3v) is 7.82. The number of hydrogen-bond acceptors (Lipinski definition) is 1. The van der Waals surface area contributed by atoms with Gasteiger partial charge in [-0.25, -0.2) is 0 Å². The van der Waals surface area contributed by atoms with Crippen molar-refractivity contribution in [2.24, 2.45) is 11.3 Å². The lowest BCUT2D eigenvalue weighted by atomic mass is 9.48. The topological polar surface area (TPSA) is 52.6 Å². The third kappa shape index (κ3) is 1.84. The second-order valence-electron chi connectivity index (χ2n) is 8.52. The zero-order chi connectivity index (χ0) is 18.2. The molecule has 4 heteroatoms. The number of quaternary nitrogens is 1. The number of fused-ring (bicyclic) bond motifs is 2. The normalized spacial score (nSPS) is 39.2. The fourth-order valence-electron chi connectivity index (χ4n) is 5.64. The van der Waals surface area contributed by atoms with E-state index in [0.717, 1.165) is 22.9 Å². The predicted molar refractivity (Wildman–Crippen MR) is 102 cm³/mol. The molecule has 0 radical (unpaired) electrons. The van der Waals surface area contributed by atoms with E-state index in [4.69, 9.17) is 11.6 Å². The van der Waals surface area contributed by atoms with E-state index in [0.29, 0.717) is 0 Å². The Kier molecular flexibility index (Phi) is 3.51. The SMILES string of the molecule is C=CC1(C)C(Cl)CC2C(C)(C)c3cccc4[nH]cc(c34)C2(O)C1[NH2+][CH2-]. The van der Waals surface area contributed by atoms with Crippen LogP contribution in [-0.4, -0.2) is 21.5 Å². The van der Waals surface area contributed by atoms with Crippen molar-refractivity contribution in [1.29, 1.82) is 0 Å². The molecule has 1 heterocycles. The van der Waals surface area contributed by atoms with Crippen LogP contribution in [0, 0.1) is 18.4 Å². The molecule has 0 aliphatic heterocycles. The number of alkyl halides is 1. The highest BCUT2D eigenvalue weighted by atomic mass is 35.5. The summed E-state index contributed by atoms with van der Waals surface area (Å²) in [6.45, 7) is 10.6. The Morgan fingerprint density at radius 3 is 2.72 bits per heavy atom. The molecule has 1 saturated carbocycles. The maximum absolute atomic E-state index is 12.2. The zero-order valence-corrected chi connectivity index (χ0v) is 15.9. The van der Waals surface area contributed by atoms with Gasteiger partial charge < -0.3 is 15.4 Å². The van der Waals surface area contributed by atoms with Gasteiger partial charge in [0.05, 0.1) is 5.41 Å². The standard InChI is InChI=1S/C21H27ClN2O/c1-6-20(4)16(22)10-15-19(2,3)12-8-7-9-14-17(12)13(11-24-14)21(15,25)18(20)23-5/h6-9,11,15-16,18,24-25H,1,5,10,23H2,2-4H3. The summed E-state index contributed by atoms with van der Waals surface area (Å²) in [5.74, 6) is 0.00687. The Balaban J connectivity index is 2.08. The first kappa shape index (κ1) is 17.1. The average Bonchev–Trinajstić information content (AvgIpc) is 3.02. The van der Waals surface area contributed by atoms with Gasteiger partial charge in [0.1, 0.15) is 11.6 Å². The van der Waals surface area contributed by atoms with E-state index in [1.807, 2.05) is 17.6 Å². The van der Waals surface area contributed by atoms with Crippen LogP contribution >= 0.6 is 11.6 Å². The van der Waals surface area contributed by atoms with Gasteiger partial charge in [0.15, 0.2) is 0 Å². The molecule has 25 heavy (non-hydrogen) atoms. The average molecular weight is 359 g/mol. The number of aromatic amines is 1. The summed E-state index contributed by atoms with van der Waals surface area (Å²) in [6.07, 6.45) is 4.62. The lowest BCUT2D eigenvalue weighted by Gasteiger charge is -2.60. The summed E-state index contributed by atoms with van der Waals surface area (Å²) < 4.78 is 0. The summed E-state index contributed by atoms with van der Waals surface area (Å²) in [5, 5.41) is 15.2. The highest BCUT2D eigenvalue weighted by molar-refractivity contribution is 6.21. The first-order valence-corrected chi connectivity index (χ1v) is 9.40. The van der Waals surface area contributed by atoms with Crippen LogP contribution in [-0.2, 0) is 11.0 Å². The van der Waals surface area contributed by atoms with Gasteiger partial charge in [-0.2, -0.15) is 7.05 Å². The van der Waals surface area contributed by atoms with Crippen LogP contribution in [0.3, 0.4) is 0 Å². The Morgan fingerprint density at radius 2 is 2.08 bits per heavy atom. The summed E-state index contributed by atoms with van der Waals surface area (Å²) in [6, 6.07) is 6.15. The minimum absolute atomic E-state index is 0.00687. The van der Waals surface area contributed by atoms with E-state index in [-0.39, 0.29) is 22.8 Å². The largest absolute Gasteiger partial charge is 0.473 e. The molecular formula is C21H27ClN2O. The van der Waals surface area contributed by atoms with Crippen molar-refractivity contribution < 1.29 is 10.4 Å². The van der Waals surface area contributed by atoms with E-state index in [9.17, 15) is 5.11 Å². The molecule has 1 aromatic carbocycles. The highest BCUT2D eigenvalue weighted by Crippen LogP contribution is 2.61. The number of nitrogens with one attached hydrogen (secondary N) is 1. The van der Waals surface area contributed by atoms with E-state index in [1.165, 1.54) is 5.56 Å². The molecule has 4 rings (SSSR count). The summed E-state index contributed by atoms with van der Waals surface area (Å²) in [7, 11) is 4.07. The molecule has 2 aliphatic carbocycles. The quantitative estimate of drug-likeness (QED) is 0.431. The number of rotatable bonds is 2. The third-order valence-electron chi connectivity index (χ3n) is 7.17. The van der Waals surface area contributed by atoms with E-state index >= 15 is 0 Å². The van der Waals surface area contributed by atoms with Gasteiger partial charge in [0, 0.05) is 34.0 Å². The van der Waals surface area contributed by atoms with Gasteiger partial charge in [0.2, 0.25) is 0 Å². The van der Waals surface area contributed by atoms with Crippen molar-refractivity contribution in [1.82, 2.24) is 4.98 Å². The van der Waals surface area contributed by atoms with Gasteiger partial charge >= 0.3 is 0 Å². The number of aliphatic hydroxyl groups is 1. The van der Waals surface area contributed by atoms with E-state index in [1.54, 1.807) is 0 Å². The maximum Gasteiger partial charge on any atom is 0.145 e. The first-order valence-electron chi connectivity index (χ1n) is 8.96. The molecule has 134 valence electrons. The van der Waals surface area contributed by atoms with Crippen molar-refractivity contribution in [3.05, 3.63) is 55.2 Å². The van der Waals surface area contributed by atoms with Crippen molar-refractivity contribution in [3.8, 4) is 0 Å². The monoisotopic (exact) mass is 358 g/mol. The van der Waals surface area contributed by atoms with Crippen LogP contribution in [0.1, 0.15) is 38.3 Å². The van der Waals surface area contributed by atoms with Crippen molar-refractivity contribution in [3.63, 3.8) is 0 Å². The van der Waals surface area contributed by atoms with Crippen molar-refractivity contribution in [2.75, 3.05) is 0 Å². The molecule has 4 N–H and O–H groups in total. The number of nitrogens with two attached hydrogens (primary N) is 1. The van der Waals surface area contributed by atoms with Gasteiger partial charge in [-0.3, -0.25) is 0 Å². The number of hydrogen-bond donors (Lipinski definition) is 3. The molecule has 5 atom stereocenters. The molecule has 0 amide bonds. The van der Waals surface area contributed by atoms with Crippen LogP contribution in [0.5, 0.6) is 0 Å². The molecule has 0 saturated heterocycles. The van der Waals surface area contributed by atoms with Gasteiger partial charge in [0.25, 0.3) is 0 Å². The van der Waals surface area contributed by atoms with Crippen molar-refractivity contribution >= 4 is 22.5 Å². The van der Waals surface area contributed by atoms with Crippen molar-refractivity contribution in [2.45, 2.75) is 49.6 Å². The number of aromatic nitrogens is 1. The molecule has 5 unspecified atom stereocenters. The Labute approximate surface area is 154 Å². The second kappa shape index (κ2) is 5.12. The minimum Gasteiger partial charge on any atom is -0.473 e. The fourth-order valence-corrected chi connectivity index (χ4v) is 6.04. The summed E-state index contributed by atoms with van der Waals surface area (Å²) >= 11 is 6.87. The number of benzene rings is 1. The molecule has 0 spiro atoms. The number of H-pyrrole nitrogens is 1. The highest BCUT2D eigenvalue weighted by Gasteiger charge is 2.66. The minimum atomic E-state index is -1.02. The molecule has 1 fully saturated rings. The number of halogens is 1. The summed E-state index contributed by atoms with van der Waals surface area (Å²) in [5.41, 5.74) is 1.70. The molecule has 1 aromatic heterocycles. The van der Waals surface area contributed by atoms with Crippen LogP contribution < -0.4 is 5.32 Å². The Bertz CT molecular complexity index is 857. The van der Waals surface area contributed by atoms with Crippen LogP contribution in [0.2, 0.25) is 0 Å². The van der Waals surface area contributed by atoms with Gasteiger partial charge in [-0.1, -0.05) is 32.1 Å². The predicted octanol–water partition coefficient (Wildman–Crippen LogP) is 3.19. The lowest BCUT2D eigenvalue weighted by molar-refractivity contribution is -0.672. The molecule has 3 nitrogen and oxygen atoms in total. The molecule has 0 bridgehead atoms. The van der Waals surface area contributed by atoms with Crippen LogP contribution in [0.4, 0.5) is 0 Å². The van der Waals surface area contributed by atoms with E-state index < -0.39 is 11.0 Å². The molecular weight excluding hydrogens is 332 g/mol. The fraction of sp³-hybridized carbons (Fsp3) is 0.476. The first-order chi connectivity index (χ1) is 11.7. The van der Waals surface area contributed by atoms with Crippen LogP contribution in [0.15, 0.2) is 37.1 Å². The Morgan fingerprint density at radius 1 is 1.36 bits per heavy atom. The Hall–Kier alpha value is -1.29. The summed E-state index contributed by atoms with van der Waals surface area (Å²) in [4.78, 5) is 3.36. The van der Waals surface area contributed by atoms with Crippen LogP contribution in [0.25, 0.3) is 10.9 Å². The zero-order valence-electron chi connectivity index (χ0n) is 15.1. The molecule has 2 aromatic rings. The lowest BCUT2D eigenvalue weighted by Crippen LogP contribution is -2.95. The second-order valence-corrected chi connectivity index (χ2v) is 9.04. The van der Waals surface area contributed by atoms with Gasteiger partial charge in [-0.15, -0.1) is 18.2 Å². The maximum atomic E-state index is 12.2. The smallest absolute Gasteiger partial charge is 0.145 e. The van der Waals surface area contributed by atoms with Gasteiger partial charge in [-0.05, 0) is 30.4 Å². The van der Waals surface area contributed by atoms with E-state index in [2.05, 4.69) is 57.6 Å². The molecule has 2 aliphatic rings.